The van der Waals surface area contributed by atoms with E-state index in [0.29, 0.717) is 6.42 Å². The molecule has 0 bridgehead atoms. The van der Waals surface area contributed by atoms with Crippen molar-refractivity contribution >= 4 is 12.2 Å². The highest BCUT2D eigenvalue weighted by atomic mass is 16.6. The van der Waals surface area contributed by atoms with E-state index in [0.717, 1.165) is 12.8 Å². The Morgan fingerprint density at radius 1 is 1.57 bits per heavy atom. The lowest BCUT2D eigenvalue weighted by atomic mass is 9.89. The van der Waals surface area contributed by atoms with Crippen LogP contribution in [-0.2, 0) is 4.74 Å². The van der Waals surface area contributed by atoms with Crippen LogP contribution in [0.2, 0.25) is 0 Å². The van der Waals surface area contributed by atoms with Gasteiger partial charge in [0.1, 0.15) is 6.10 Å². The number of ether oxygens (including phenoxy) is 1. The first-order chi connectivity index (χ1) is 6.65. The number of fused-ring (bicyclic) bond motifs is 1. The van der Waals surface area contributed by atoms with Crippen molar-refractivity contribution < 1.29 is 19.4 Å². The Balaban J connectivity index is 1.91. The summed E-state index contributed by atoms with van der Waals surface area (Å²) in [5.41, 5.74) is 0. The molecule has 0 aromatic heterocycles. The van der Waals surface area contributed by atoms with Gasteiger partial charge in [0.15, 0.2) is 0 Å². The first kappa shape index (κ1) is 9.11. The zero-order valence-corrected chi connectivity index (χ0v) is 7.53. The molecule has 2 rings (SSSR count). The maximum atomic E-state index is 10.9. The van der Waals surface area contributed by atoms with Crippen LogP contribution in [0, 0.1) is 0 Å². The Morgan fingerprint density at radius 3 is 3.07 bits per heavy atom. The first-order valence-corrected chi connectivity index (χ1v) is 4.62. The van der Waals surface area contributed by atoms with Crippen molar-refractivity contribution in [1.29, 1.82) is 0 Å². The van der Waals surface area contributed by atoms with Gasteiger partial charge in [-0.15, -0.1) is 0 Å². The third-order valence-electron chi connectivity index (χ3n) is 2.68. The number of rotatable bonds is 1. The average Bonchev–Trinajstić information content (AvgIpc) is 2.42. The second-order valence-corrected chi connectivity index (χ2v) is 3.65. The predicted molar refractivity (Wildman–Crippen MR) is 46.0 cm³/mol. The molecule has 0 aromatic carbocycles. The fourth-order valence-electron chi connectivity index (χ4n) is 2.05. The Hall–Kier alpha value is -1.46. The number of nitrogens with one attached hydrogen (secondary N) is 2. The molecule has 0 unspecified atom stereocenters. The van der Waals surface area contributed by atoms with Crippen molar-refractivity contribution in [2.24, 2.45) is 0 Å². The highest BCUT2D eigenvalue weighted by Gasteiger charge is 2.39. The Labute approximate surface area is 80.6 Å². The largest absolute Gasteiger partial charge is 0.465 e. The number of carboxylic acid groups (broad SMARTS) is 1. The summed E-state index contributed by atoms with van der Waals surface area (Å²) in [5.74, 6) is 0. The summed E-state index contributed by atoms with van der Waals surface area (Å²) in [6, 6.07) is -0.0317. The highest BCUT2D eigenvalue weighted by molar-refractivity contribution is 5.70. The van der Waals surface area contributed by atoms with Gasteiger partial charge in [-0.3, -0.25) is 0 Å². The quantitative estimate of drug-likeness (QED) is 0.567. The maximum Gasteiger partial charge on any atom is 0.407 e. The summed E-state index contributed by atoms with van der Waals surface area (Å²) < 4.78 is 4.99. The van der Waals surface area contributed by atoms with E-state index in [1.54, 1.807) is 0 Å². The van der Waals surface area contributed by atoms with E-state index in [9.17, 15) is 9.59 Å². The van der Waals surface area contributed by atoms with Gasteiger partial charge in [-0.05, 0) is 12.8 Å². The summed E-state index contributed by atoms with van der Waals surface area (Å²) in [5, 5.41) is 13.6. The number of hydrogen-bond acceptors (Lipinski definition) is 3. The fraction of sp³-hybridized carbons (Fsp3) is 0.750. The smallest absolute Gasteiger partial charge is 0.407 e. The monoisotopic (exact) mass is 200 g/mol. The van der Waals surface area contributed by atoms with Crippen LogP contribution in [0.1, 0.15) is 19.3 Å². The minimum atomic E-state index is -1.02. The number of carbonyl (C=O) groups is 2. The summed E-state index contributed by atoms with van der Waals surface area (Å²) in [6.45, 7) is 0. The molecule has 6 heteroatoms. The van der Waals surface area contributed by atoms with E-state index < -0.39 is 12.2 Å². The van der Waals surface area contributed by atoms with Gasteiger partial charge in [0.25, 0.3) is 0 Å². The minimum absolute atomic E-state index is 0.0642. The predicted octanol–water partition coefficient (Wildman–Crippen LogP) is 0.283. The molecule has 2 fully saturated rings. The van der Waals surface area contributed by atoms with Gasteiger partial charge in [0.2, 0.25) is 0 Å². The van der Waals surface area contributed by atoms with Gasteiger partial charge in [0.05, 0.1) is 6.04 Å². The lowest BCUT2D eigenvalue weighted by Gasteiger charge is -2.28. The number of hydrogen-bond donors (Lipinski definition) is 3. The molecule has 0 spiro atoms. The van der Waals surface area contributed by atoms with Gasteiger partial charge in [-0.1, -0.05) is 0 Å². The van der Waals surface area contributed by atoms with Gasteiger partial charge in [0, 0.05) is 12.5 Å². The van der Waals surface area contributed by atoms with Crippen molar-refractivity contribution in [3.05, 3.63) is 0 Å². The molecule has 2 aliphatic rings. The van der Waals surface area contributed by atoms with Crippen LogP contribution in [0.4, 0.5) is 9.59 Å². The van der Waals surface area contributed by atoms with Crippen LogP contribution < -0.4 is 10.6 Å². The normalized spacial score (nSPS) is 35.4. The second kappa shape index (κ2) is 3.36. The standard InChI is InChI=1S/C8H12N2O4/c11-7(12)9-4-1-2-5-6(3-4)14-8(13)10-5/h4-6,9H,1-3H2,(H,10,13)(H,11,12)/t4-,5-,6-/m0/s1. The molecule has 1 heterocycles. The highest BCUT2D eigenvalue weighted by Crippen LogP contribution is 2.25. The summed E-state index contributed by atoms with van der Waals surface area (Å²) >= 11 is 0. The van der Waals surface area contributed by atoms with Gasteiger partial charge >= 0.3 is 12.2 Å². The van der Waals surface area contributed by atoms with Crippen LogP contribution >= 0.6 is 0 Å². The number of alkyl carbamates (subject to hydrolysis) is 1. The molecule has 2 amide bonds. The molecule has 0 radical (unpaired) electrons. The molecule has 1 saturated carbocycles. The van der Waals surface area contributed by atoms with Crippen molar-refractivity contribution in [1.82, 2.24) is 10.6 Å². The molecular formula is C8H12N2O4. The Bertz CT molecular complexity index is 268. The van der Waals surface area contributed by atoms with E-state index in [1.807, 2.05) is 0 Å². The molecule has 14 heavy (non-hydrogen) atoms. The van der Waals surface area contributed by atoms with Crippen molar-refractivity contribution in [2.75, 3.05) is 0 Å². The molecule has 1 saturated heterocycles. The SMILES string of the molecule is O=C(O)N[C@H]1CC[C@@H]2NC(=O)O[C@H]2C1. The molecule has 78 valence electrons. The minimum Gasteiger partial charge on any atom is -0.465 e. The third-order valence-corrected chi connectivity index (χ3v) is 2.68. The van der Waals surface area contributed by atoms with E-state index >= 15 is 0 Å². The molecule has 3 N–H and O–H groups in total. The second-order valence-electron chi connectivity index (χ2n) is 3.65. The fourth-order valence-corrected chi connectivity index (χ4v) is 2.05. The van der Waals surface area contributed by atoms with Crippen LogP contribution in [0.15, 0.2) is 0 Å². The summed E-state index contributed by atoms with van der Waals surface area (Å²) in [6.07, 6.45) is 0.489. The van der Waals surface area contributed by atoms with E-state index in [4.69, 9.17) is 9.84 Å². The summed E-state index contributed by atoms with van der Waals surface area (Å²) in [4.78, 5) is 21.3. The summed E-state index contributed by atoms with van der Waals surface area (Å²) in [7, 11) is 0. The topological polar surface area (TPSA) is 87.7 Å². The molecule has 1 aliphatic heterocycles. The molecule has 6 nitrogen and oxygen atoms in total. The van der Waals surface area contributed by atoms with Crippen molar-refractivity contribution in [3.8, 4) is 0 Å². The van der Waals surface area contributed by atoms with Crippen molar-refractivity contribution in [2.45, 2.75) is 37.5 Å². The Morgan fingerprint density at radius 2 is 2.36 bits per heavy atom. The molecule has 3 atom stereocenters. The van der Waals surface area contributed by atoms with E-state index in [1.165, 1.54) is 0 Å². The molecular weight excluding hydrogens is 188 g/mol. The number of carbonyl (C=O) groups excluding carboxylic acids is 1. The Kier molecular flexibility index (Phi) is 2.18. The average molecular weight is 200 g/mol. The van der Waals surface area contributed by atoms with Gasteiger partial charge in [-0.25, -0.2) is 9.59 Å². The molecule has 1 aliphatic carbocycles. The van der Waals surface area contributed by atoms with Crippen LogP contribution in [0.25, 0.3) is 0 Å². The van der Waals surface area contributed by atoms with E-state index in [2.05, 4.69) is 10.6 Å². The lowest BCUT2D eigenvalue weighted by molar-refractivity contribution is 0.101. The van der Waals surface area contributed by atoms with Crippen molar-refractivity contribution in [3.63, 3.8) is 0 Å². The van der Waals surface area contributed by atoms with Gasteiger partial charge < -0.3 is 20.5 Å². The zero-order chi connectivity index (χ0) is 10.1. The van der Waals surface area contributed by atoms with Gasteiger partial charge in [-0.2, -0.15) is 0 Å². The molecule has 0 aromatic rings. The lowest BCUT2D eigenvalue weighted by Crippen LogP contribution is -2.45. The van der Waals surface area contributed by atoms with Crippen LogP contribution in [0.3, 0.4) is 0 Å². The van der Waals surface area contributed by atoms with E-state index in [-0.39, 0.29) is 18.2 Å². The zero-order valence-electron chi connectivity index (χ0n) is 7.53. The first-order valence-electron chi connectivity index (χ1n) is 4.62. The maximum absolute atomic E-state index is 10.9. The third kappa shape index (κ3) is 1.73. The van der Waals surface area contributed by atoms with Crippen LogP contribution in [-0.4, -0.2) is 35.5 Å². The number of amides is 2. The van der Waals surface area contributed by atoms with Crippen LogP contribution in [0.5, 0.6) is 0 Å².